The fourth-order valence-corrected chi connectivity index (χ4v) is 2.89. The van der Waals surface area contributed by atoms with E-state index in [1.807, 2.05) is 6.07 Å². The molecule has 1 aliphatic rings. The minimum Gasteiger partial charge on any atom is -0.507 e. The molecule has 0 bridgehead atoms. The van der Waals surface area contributed by atoms with Gasteiger partial charge < -0.3 is 14.9 Å². The van der Waals surface area contributed by atoms with Crippen molar-refractivity contribution in [2.24, 2.45) is 0 Å². The Balaban J connectivity index is 0.00000288. The number of rotatable bonds is 10. The van der Waals surface area contributed by atoms with Gasteiger partial charge >= 0.3 is 0 Å². The summed E-state index contributed by atoms with van der Waals surface area (Å²) in [5.74, 6) is 0.0467. The molecule has 0 spiro atoms. The van der Waals surface area contributed by atoms with Crippen LogP contribution < -0.4 is 0 Å². The number of hydrogen-bond donors (Lipinski definition) is 1. The molecule has 24 heavy (non-hydrogen) atoms. The fourth-order valence-electron chi connectivity index (χ4n) is 2.89. The van der Waals surface area contributed by atoms with Crippen LogP contribution in [0.3, 0.4) is 0 Å². The molecule has 0 atom stereocenters. The monoisotopic (exact) mass is 352 g/mol. The zero-order valence-corrected chi connectivity index (χ0v) is 15.3. The standard InChI is InChI=1S/C19H28N2O2.ClH/c1-2-3-4-5-6-7-10-20-11-12-21(16-20)14-17-8-9-19(23)18(13-17)15-22;/h8-9,11-13,15,23H,2-7,10,14,16H2,1H3;1H. The number of phenols is 1. The summed E-state index contributed by atoms with van der Waals surface area (Å²) >= 11 is 0. The van der Waals surface area contributed by atoms with Gasteiger partial charge in [0, 0.05) is 25.5 Å². The minimum atomic E-state index is 0. The minimum absolute atomic E-state index is 0. The van der Waals surface area contributed by atoms with Crippen molar-refractivity contribution >= 4 is 18.7 Å². The zero-order chi connectivity index (χ0) is 16.5. The average Bonchev–Trinajstić information content (AvgIpc) is 3.00. The van der Waals surface area contributed by atoms with Gasteiger partial charge in [0.05, 0.1) is 12.2 Å². The van der Waals surface area contributed by atoms with Crippen LogP contribution in [0.15, 0.2) is 30.6 Å². The number of aromatic hydroxyl groups is 1. The lowest BCUT2D eigenvalue weighted by molar-refractivity contribution is 0.112. The first-order chi connectivity index (χ1) is 11.2. The van der Waals surface area contributed by atoms with Gasteiger partial charge in [-0.1, -0.05) is 45.1 Å². The van der Waals surface area contributed by atoms with E-state index in [1.54, 1.807) is 12.1 Å². The second-order valence-corrected chi connectivity index (χ2v) is 6.28. The Hall–Kier alpha value is -1.68. The van der Waals surface area contributed by atoms with Gasteiger partial charge in [-0.05, 0) is 24.1 Å². The van der Waals surface area contributed by atoms with Crippen molar-refractivity contribution in [3.63, 3.8) is 0 Å². The summed E-state index contributed by atoms with van der Waals surface area (Å²) in [6.07, 6.45) is 12.9. The van der Waals surface area contributed by atoms with Crippen molar-refractivity contribution in [2.45, 2.75) is 52.0 Å². The number of halogens is 1. The molecule has 1 aliphatic heterocycles. The first kappa shape index (κ1) is 20.4. The lowest BCUT2D eigenvalue weighted by Gasteiger charge is -2.21. The number of phenolic OH excluding ortho intramolecular Hbond substituents is 1. The Morgan fingerprint density at radius 1 is 1.08 bits per heavy atom. The van der Waals surface area contributed by atoms with Gasteiger partial charge in [-0.25, -0.2) is 0 Å². The van der Waals surface area contributed by atoms with Crippen molar-refractivity contribution in [3.8, 4) is 5.75 Å². The highest BCUT2D eigenvalue weighted by molar-refractivity contribution is 5.85. The third kappa shape index (κ3) is 6.44. The Bertz CT molecular complexity index is 534. The van der Waals surface area contributed by atoms with Crippen LogP contribution in [0.25, 0.3) is 0 Å². The van der Waals surface area contributed by atoms with E-state index < -0.39 is 0 Å². The average molecular weight is 353 g/mol. The SMILES string of the molecule is CCCCCCCCN1C=CN(Cc2ccc(O)c(C=O)c2)C1.Cl. The highest BCUT2D eigenvalue weighted by Gasteiger charge is 2.12. The van der Waals surface area contributed by atoms with Crippen molar-refractivity contribution in [1.82, 2.24) is 9.80 Å². The van der Waals surface area contributed by atoms with Gasteiger partial charge in [0.25, 0.3) is 0 Å². The molecule has 0 radical (unpaired) electrons. The first-order valence-electron chi connectivity index (χ1n) is 8.66. The smallest absolute Gasteiger partial charge is 0.153 e. The predicted molar refractivity (Wildman–Crippen MR) is 100 cm³/mol. The summed E-state index contributed by atoms with van der Waals surface area (Å²) in [5, 5.41) is 9.55. The number of unbranched alkanes of at least 4 members (excludes halogenated alkanes) is 5. The topological polar surface area (TPSA) is 43.8 Å². The molecule has 4 nitrogen and oxygen atoms in total. The van der Waals surface area contributed by atoms with E-state index in [1.165, 1.54) is 38.5 Å². The fraction of sp³-hybridized carbons (Fsp3) is 0.526. The summed E-state index contributed by atoms with van der Waals surface area (Å²) in [4.78, 5) is 15.4. The maximum absolute atomic E-state index is 10.9. The lowest BCUT2D eigenvalue weighted by atomic mass is 10.1. The van der Waals surface area contributed by atoms with E-state index in [2.05, 4.69) is 29.1 Å². The molecule has 2 rings (SSSR count). The summed E-state index contributed by atoms with van der Waals surface area (Å²) in [6.45, 7) is 5.00. The molecule has 0 aromatic heterocycles. The summed E-state index contributed by atoms with van der Waals surface area (Å²) in [7, 11) is 0. The maximum Gasteiger partial charge on any atom is 0.153 e. The van der Waals surface area contributed by atoms with E-state index in [0.717, 1.165) is 25.3 Å². The van der Waals surface area contributed by atoms with Gasteiger partial charge in [-0.3, -0.25) is 4.79 Å². The molecule has 134 valence electrons. The number of carbonyl (C=O) groups is 1. The number of hydrogen-bond acceptors (Lipinski definition) is 4. The number of aldehydes is 1. The van der Waals surface area contributed by atoms with Crippen LogP contribution in [0.1, 0.15) is 61.4 Å². The normalized spacial score (nSPS) is 13.2. The van der Waals surface area contributed by atoms with Crippen LogP contribution in [0.4, 0.5) is 0 Å². The zero-order valence-electron chi connectivity index (χ0n) is 14.5. The second kappa shape index (κ2) is 11.0. The Labute approximate surface area is 151 Å². The highest BCUT2D eigenvalue weighted by atomic mass is 35.5. The Morgan fingerprint density at radius 3 is 2.54 bits per heavy atom. The van der Waals surface area contributed by atoms with E-state index in [9.17, 15) is 9.90 Å². The van der Waals surface area contributed by atoms with Gasteiger partial charge in [0.2, 0.25) is 0 Å². The quantitative estimate of drug-likeness (QED) is 0.496. The molecule has 1 aromatic rings. The van der Waals surface area contributed by atoms with Gasteiger partial charge in [0.1, 0.15) is 5.75 Å². The summed E-state index contributed by atoms with van der Waals surface area (Å²) < 4.78 is 0. The van der Waals surface area contributed by atoms with E-state index >= 15 is 0 Å². The van der Waals surface area contributed by atoms with Crippen LogP contribution in [0.5, 0.6) is 5.75 Å². The number of nitrogens with zero attached hydrogens (tertiary/aromatic N) is 2. The second-order valence-electron chi connectivity index (χ2n) is 6.28. The summed E-state index contributed by atoms with van der Waals surface area (Å²) in [5.41, 5.74) is 1.39. The number of carbonyl (C=O) groups excluding carboxylic acids is 1. The number of benzene rings is 1. The van der Waals surface area contributed by atoms with Crippen molar-refractivity contribution in [2.75, 3.05) is 13.2 Å². The van der Waals surface area contributed by atoms with Crippen LogP contribution >= 0.6 is 12.4 Å². The van der Waals surface area contributed by atoms with E-state index in [-0.39, 0.29) is 18.2 Å². The van der Waals surface area contributed by atoms with E-state index in [4.69, 9.17) is 0 Å². The largest absolute Gasteiger partial charge is 0.507 e. The lowest BCUT2D eigenvalue weighted by Crippen LogP contribution is -2.25. The molecule has 0 amide bonds. The van der Waals surface area contributed by atoms with Gasteiger partial charge in [-0.2, -0.15) is 0 Å². The molecule has 0 fully saturated rings. The van der Waals surface area contributed by atoms with Crippen molar-refractivity contribution in [1.29, 1.82) is 0 Å². The molecular formula is C19H29ClN2O2. The van der Waals surface area contributed by atoms with Crippen molar-refractivity contribution < 1.29 is 9.90 Å². The first-order valence-corrected chi connectivity index (χ1v) is 8.66. The maximum atomic E-state index is 10.9. The molecule has 5 heteroatoms. The van der Waals surface area contributed by atoms with Crippen molar-refractivity contribution in [3.05, 3.63) is 41.7 Å². The van der Waals surface area contributed by atoms with Crippen LogP contribution in [0, 0.1) is 0 Å². The predicted octanol–water partition coefficient (Wildman–Crippen LogP) is 4.53. The molecule has 0 unspecified atom stereocenters. The molecule has 0 saturated carbocycles. The van der Waals surface area contributed by atoms with Gasteiger partial charge in [0.15, 0.2) is 6.29 Å². The Morgan fingerprint density at radius 2 is 1.79 bits per heavy atom. The third-order valence-corrected chi connectivity index (χ3v) is 4.26. The van der Waals surface area contributed by atoms with Crippen LogP contribution in [-0.4, -0.2) is 34.4 Å². The summed E-state index contributed by atoms with van der Waals surface area (Å²) in [6, 6.07) is 5.21. The Kier molecular flexibility index (Phi) is 9.31. The molecule has 1 aromatic carbocycles. The molecule has 0 aliphatic carbocycles. The highest BCUT2D eigenvalue weighted by Crippen LogP contribution is 2.19. The molecule has 1 heterocycles. The van der Waals surface area contributed by atoms with E-state index in [0.29, 0.717) is 11.8 Å². The molecule has 0 saturated heterocycles. The van der Waals surface area contributed by atoms with Crippen LogP contribution in [0.2, 0.25) is 0 Å². The van der Waals surface area contributed by atoms with Gasteiger partial charge in [-0.15, -0.1) is 12.4 Å². The third-order valence-electron chi connectivity index (χ3n) is 4.26. The molecular weight excluding hydrogens is 324 g/mol. The molecule has 1 N–H and O–H groups in total. The van der Waals surface area contributed by atoms with Crippen LogP contribution in [-0.2, 0) is 6.54 Å².